The minimum Gasteiger partial charge on any atom is -0.353 e. The number of nitrogens with one attached hydrogen (secondary N) is 2. The molecular formula is C16H26N6O. The topological polar surface area (TPSA) is 75.1 Å². The Bertz CT molecular complexity index is 569. The van der Waals surface area contributed by atoms with E-state index in [1.54, 1.807) is 0 Å². The van der Waals surface area contributed by atoms with Crippen molar-refractivity contribution in [2.75, 3.05) is 20.1 Å². The van der Waals surface area contributed by atoms with Crippen LogP contribution in [0.1, 0.15) is 31.4 Å². The largest absolute Gasteiger partial charge is 0.353 e. The lowest BCUT2D eigenvalue weighted by atomic mass is 9.75. The Labute approximate surface area is 136 Å². The van der Waals surface area contributed by atoms with Gasteiger partial charge in [0.15, 0.2) is 0 Å². The van der Waals surface area contributed by atoms with Crippen LogP contribution < -0.4 is 10.6 Å². The highest BCUT2D eigenvalue weighted by atomic mass is 16.2. The van der Waals surface area contributed by atoms with E-state index in [0.29, 0.717) is 18.0 Å². The number of carbonyl (C=O) groups is 1. The predicted octanol–water partition coefficient (Wildman–Crippen LogP) is -0.0135. The SMILES string of the molecule is CNCc1cn(C[C@H]2CC3CCN2C[C@@H]3C(=O)NC2CC2)nn1. The molecule has 4 fully saturated rings. The summed E-state index contributed by atoms with van der Waals surface area (Å²) in [4.78, 5) is 14.9. The summed E-state index contributed by atoms with van der Waals surface area (Å²) in [6, 6.07) is 0.956. The second-order valence-electron chi connectivity index (χ2n) is 7.28. The first kappa shape index (κ1) is 15.1. The quantitative estimate of drug-likeness (QED) is 0.771. The highest BCUT2D eigenvalue weighted by molar-refractivity contribution is 5.80. The van der Waals surface area contributed by atoms with Gasteiger partial charge < -0.3 is 10.6 Å². The normalized spacial score (nSPS) is 32.9. The molecule has 1 saturated carbocycles. The number of aromatic nitrogens is 3. The summed E-state index contributed by atoms with van der Waals surface area (Å²) in [7, 11) is 1.91. The second kappa shape index (κ2) is 6.20. The highest BCUT2D eigenvalue weighted by Crippen LogP contribution is 2.37. The minimum absolute atomic E-state index is 0.191. The smallest absolute Gasteiger partial charge is 0.224 e. The molecule has 1 amide bonds. The molecule has 1 aliphatic carbocycles. The maximum atomic E-state index is 12.4. The molecule has 2 unspecified atom stereocenters. The Balaban J connectivity index is 1.36. The highest BCUT2D eigenvalue weighted by Gasteiger charge is 2.44. The van der Waals surface area contributed by atoms with Crippen LogP contribution in [0, 0.1) is 11.8 Å². The van der Waals surface area contributed by atoms with E-state index in [-0.39, 0.29) is 11.8 Å². The fourth-order valence-electron chi connectivity index (χ4n) is 4.07. The van der Waals surface area contributed by atoms with Gasteiger partial charge in [-0.25, -0.2) is 0 Å². The third-order valence-electron chi connectivity index (χ3n) is 5.48. The molecule has 1 aromatic heterocycles. The lowest BCUT2D eigenvalue weighted by molar-refractivity contribution is -0.133. The van der Waals surface area contributed by atoms with Crippen molar-refractivity contribution in [1.29, 1.82) is 0 Å². The van der Waals surface area contributed by atoms with Crippen molar-refractivity contribution >= 4 is 5.91 Å². The minimum atomic E-state index is 0.191. The van der Waals surface area contributed by atoms with Gasteiger partial charge in [0, 0.05) is 31.4 Å². The Kier molecular flexibility index (Phi) is 4.07. The number of rotatable bonds is 6. The molecule has 0 aromatic carbocycles. The van der Waals surface area contributed by atoms with Crippen LogP contribution in [0.4, 0.5) is 0 Å². The number of fused-ring (bicyclic) bond motifs is 3. The third-order valence-corrected chi connectivity index (χ3v) is 5.48. The van der Waals surface area contributed by atoms with E-state index >= 15 is 0 Å². The van der Waals surface area contributed by atoms with E-state index in [9.17, 15) is 4.79 Å². The molecule has 0 spiro atoms. The summed E-state index contributed by atoms with van der Waals surface area (Å²) in [6.07, 6.45) is 6.61. The van der Waals surface area contributed by atoms with Gasteiger partial charge in [-0.3, -0.25) is 14.4 Å². The van der Waals surface area contributed by atoms with Crippen LogP contribution in [0.15, 0.2) is 6.20 Å². The van der Waals surface area contributed by atoms with Crippen LogP contribution >= 0.6 is 0 Å². The number of amides is 1. The molecule has 5 rings (SSSR count). The summed E-state index contributed by atoms with van der Waals surface area (Å²) in [5, 5.41) is 14.7. The Morgan fingerprint density at radius 1 is 1.39 bits per heavy atom. The van der Waals surface area contributed by atoms with Gasteiger partial charge in [-0.1, -0.05) is 5.21 Å². The average Bonchev–Trinajstić information content (AvgIpc) is 3.27. The number of hydrogen-bond acceptors (Lipinski definition) is 5. The molecule has 4 heterocycles. The Hall–Kier alpha value is -1.47. The van der Waals surface area contributed by atoms with Crippen molar-refractivity contribution in [3.63, 3.8) is 0 Å². The molecule has 7 heteroatoms. The molecular weight excluding hydrogens is 292 g/mol. The van der Waals surface area contributed by atoms with E-state index in [0.717, 1.165) is 57.6 Å². The first-order chi connectivity index (χ1) is 11.2. The molecule has 4 atom stereocenters. The fraction of sp³-hybridized carbons (Fsp3) is 0.812. The molecule has 2 N–H and O–H groups in total. The van der Waals surface area contributed by atoms with Gasteiger partial charge in [-0.05, 0) is 45.2 Å². The van der Waals surface area contributed by atoms with Gasteiger partial charge in [-0.15, -0.1) is 5.10 Å². The lowest BCUT2D eigenvalue weighted by Crippen LogP contribution is -2.58. The fourth-order valence-corrected chi connectivity index (χ4v) is 4.07. The van der Waals surface area contributed by atoms with Crippen LogP contribution in [-0.4, -0.2) is 58.0 Å². The van der Waals surface area contributed by atoms with Crippen molar-refractivity contribution in [1.82, 2.24) is 30.5 Å². The van der Waals surface area contributed by atoms with E-state index in [1.807, 2.05) is 17.9 Å². The number of piperidine rings is 3. The molecule has 3 aliphatic heterocycles. The molecule has 3 saturated heterocycles. The van der Waals surface area contributed by atoms with Crippen molar-refractivity contribution in [3.05, 3.63) is 11.9 Å². The van der Waals surface area contributed by atoms with Crippen molar-refractivity contribution in [2.45, 2.75) is 50.9 Å². The van der Waals surface area contributed by atoms with Gasteiger partial charge in [0.1, 0.15) is 0 Å². The van der Waals surface area contributed by atoms with Crippen molar-refractivity contribution < 1.29 is 4.79 Å². The molecule has 1 aromatic rings. The van der Waals surface area contributed by atoms with Crippen LogP contribution in [0.3, 0.4) is 0 Å². The van der Waals surface area contributed by atoms with Gasteiger partial charge in [-0.2, -0.15) is 0 Å². The standard InChI is InChI=1S/C16H26N6O/c1-17-7-13-8-22(20-19-13)9-14-6-11-4-5-21(14)10-15(11)16(23)18-12-2-3-12/h8,11-12,14-15,17H,2-7,9-10H2,1H3,(H,18,23)/t11?,14-,15+/m1/s1. The molecule has 7 nitrogen and oxygen atoms in total. The summed E-state index contributed by atoms with van der Waals surface area (Å²) in [5.74, 6) is 1.01. The van der Waals surface area contributed by atoms with Gasteiger partial charge in [0.2, 0.25) is 5.91 Å². The monoisotopic (exact) mass is 318 g/mol. The number of hydrogen-bond donors (Lipinski definition) is 2. The Morgan fingerprint density at radius 2 is 2.26 bits per heavy atom. The summed E-state index contributed by atoms with van der Waals surface area (Å²) < 4.78 is 1.96. The van der Waals surface area contributed by atoms with Gasteiger partial charge >= 0.3 is 0 Å². The van der Waals surface area contributed by atoms with E-state index in [1.165, 1.54) is 0 Å². The van der Waals surface area contributed by atoms with Crippen LogP contribution in [-0.2, 0) is 17.9 Å². The van der Waals surface area contributed by atoms with Crippen molar-refractivity contribution in [2.24, 2.45) is 11.8 Å². The zero-order valence-corrected chi connectivity index (χ0v) is 13.7. The molecule has 126 valence electrons. The second-order valence-corrected chi connectivity index (χ2v) is 7.28. The first-order valence-electron chi connectivity index (χ1n) is 8.81. The molecule has 23 heavy (non-hydrogen) atoms. The third kappa shape index (κ3) is 3.26. The maximum Gasteiger partial charge on any atom is 0.224 e. The summed E-state index contributed by atoms with van der Waals surface area (Å²) in [6.45, 7) is 3.65. The van der Waals surface area contributed by atoms with E-state index < -0.39 is 0 Å². The summed E-state index contributed by atoms with van der Waals surface area (Å²) >= 11 is 0. The van der Waals surface area contributed by atoms with Crippen LogP contribution in [0.25, 0.3) is 0 Å². The van der Waals surface area contributed by atoms with E-state index in [4.69, 9.17) is 0 Å². The van der Waals surface area contributed by atoms with Gasteiger partial charge in [0.05, 0.1) is 18.2 Å². The number of carbonyl (C=O) groups excluding carboxylic acids is 1. The zero-order valence-electron chi connectivity index (χ0n) is 13.7. The van der Waals surface area contributed by atoms with Crippen molar-refractivity contribution in [3.8, 4) is 0 Å². The number of nitrogens with zero attached hydrogens (tertiary/aromatic N) is 4. The van der Waals surface area contributed by atoms with Gasteiger partial charge in [0.25, 0.3) is 0 Å². The molecule has 0 radical (unpaired) electrons. The molecule has 2 bridgehead atoms. The van der Waals surface area contributed by atoms with Crippen LogP contribution in [0.2, 0.25) is 0 Å². The predicted molar refractivity (Wildman–Crippen MR) is 85.5 cm³/mol. The average molecular weight is 318 g/mol. The lowest BCUT2D eigenvalue weighted by Gasteiger charge is -2.49. The Morgan fingerprint density at radius 3 is 2.96 bits per heavy atom. The summed E-state index contributed by atoms with van der Waals surface area (Å²) in [5.41, 5.74) is 0.977. The van der Waals surface area contributed by atoms with Crippen LogP contribution in [0.5, 0.6) is 0 Å². The molecule has 4 aliphatic rings. The maximum absolute atomic E-state index is 12.4. The first-order valence-corrected chi connectivity index (χ1v) is 8.81. The zero-order chi connectivity index (χ0) is 15.8. The van der Waals surface area contributed by atoms with E-state index in [2.05, 4.69) is 25.8 Å².